The van der Waals surface area contributed by atoms with Crippen LogP contribution in [0.3, 0.4) is 0 Å². The van der Waals surface area contributed by atoms with Crippen LogP contribution in [0, 0.1) is 25.1 Å². The number of aryl methyl sites for hydroxylation is 2. The molecule has 0 spiro atoms. The van der Waals surface area contributed by atoms with Crippen LogP contribution in [0.2, 0.25) is 0 Å². The molecule has 3 rings (SSSR count). The summed E-state index contributed by atoms with van der Waals surface area (Å²) in [5, 5.41) is 7.19. The maximum atomic E-state index is 14.2. The molecule has 156 valence electrons. The Morgan fingerprint density at radius 1 is 1.28 bits per heavy atom. The lowest BCUT2D eigenvalue weighted by Gasteiger charge is -2.50. The summed E-state index contributed by atoms with van der Waals surface area (Å²) in [6.07, 6.45) is 1.21. The first-order chi connectivity index (χ1) is 13.8. The average molecular weight is 400 g/mol. The number of hydrogen-bond acceptors (Lipinski definition) is 3. The van der Waals surface area contributed by atoms with Crippen molar-refractivity contribution in [3.8, 4) is 0 Å². The summed E-state index contributed by atoms with van der Waals surface area (Å²) < 4.78 is 14.2. The summed E-state index contributed by atoms with van der Waals surface area (Å²) >= 11 is 0. The van der Waals surface area contributed by atoms with Gasteiger partial charge in [0, 0.05) is 45.2 Å². The molecule has 1 aliphatic heterocycles. The van der Waals surface area contributed by atoms with Gasteiger partial charge in [-0.25, -0.2) is 4.39 Å². The molecular weight excluding hydrogens is 371 g/mol. The third-order valence-electron chi connectivity index (χ3n) is 6.03. The number of halogens is 1. The predicted molar refractivity (Wildman–Crippen MR) is 109 cm³/mol. The molecule has 0 aliphatic carbocycles. The van der Waals surface area contributed by atoms with Crippen molar-refractivity contribution in [1.82, 2.24) is 20.0 Å². The molecule has 29 heavy (non-hydrogen) atoms. The number of aromatic nitrogens is 2. The van der Waals surface area contributed by atoms with Crippen molar-refractivity contribution in [3.63, 3.8) is 0 Å². The van der Waals surface area contributed by atoms with Crippen LogP contribution >= 0.6 is 0 Å². The fourth-order valence-electron chi connectivity index (χ4n) is 3.90. The van der Waals surface area contributed by atoms with Crippen LogP contribution in [0.4, 0.5) is 4.39 Å². The maximum Gasteiger partial charge on any atom is 0.232 e. The van der Waals surface area contributed by atoms with Gasteiger partial charge in [-0.15, -0.1) is 0 Å². The number of aromatic amines is 1. The van der Waals surface area contributed by atoms with Crippen LogP contribution in [0.25, 0.3) is 0 Å². The van der Waals surface area contributed by atoms with E-state index >= 15 is 0 Å². The van der Waals surface area contributed by atoms with E-state index in [4.69, 9.17) is 0 Å². The third kappa shape index (κ3) is 4.18. The summed E-state index contributed by atoms with van der Waals surface area (Å²) in [5.74, 6) is -0.347. The van der Waals surface area contributed by atoms with E-state index in [0.717, 1.165) is 17.0 Å². The van der Waals surface area contributed by atoms with E-state index in [0.29, 0.717) is 44.5 Å². The summed E-state index contributed by atoms with van der Waals surface area (Å²) in [5.41, 5.74) is 2.74. The highest BCUT2D eigenvalue weighted by atomic mass is 19.1. The first-order valence-electron chi connectivity index (χ1n) is 10.0. The zero-order valence-corrected chi connectivity index (χ0v) is 17.6. The highest BCUT2D eigenvalue weighted by Crippen LogP contribution is 2.37. The maximum absolute atomic E-state index is 14.2. The molecule has 2 heterocycles. The monoisotopic (exact) mass is 400 g/mol. The fraction of sp³-hybridized carbons (Fsp3) is 0.500. The zero-order chi connectivity index (χ0) is 21.2. The molecule has 0 saturated carbocycles. The summed E-state index contributed by atoms with van der Waals surface area (Å²) in [7, 11) is 1.75. The molecule has 1 saturated heterocycles. The second kappa shape index (κ2) is 8.35. The van der Waals surface area contributed by atoms with Gasteiger partial charge in [0.25, 0.3) is 0 Å². The van der Waals surface area contributed by atoms with E-state index in [1.807, 2.05) is 20.8 Å². The Morgan fingerprint density at radius 2 is 1.97 bits per heavy atom. The second-order valence-corrected chi connectivity index (χ2v) is 8.04. The number of likely N-dealkylation sites (tertiary alicyclic amines) is 1. The summed E-state index contributed by atoms with van der Waals surface area (Å²) in [4.78, 5) is 29.1. The normalized spacial score (nSPS) is 15.1. The molecular formula is C22H29FN4O2. The number of H-pyrrole nitrogens is 1. The Kier molecular flexibility index (Phi) is 6.05. The lowest BCUT2D eigenvalue weighted by molar-refractivity contribution is -0.159. The van der Waals surface area contributed by atoms with Crippen LogP contribution in [-0.4, -0.2) is 58.5 Å². The van der Waals surface area contributed by atoms with Crippen molar-refractivity contribution >= 4 is 11.8 Å². The van der Waals surface area contributed by atoms with E-state index in [-0.39, 0.29) is 17.6 Å². The van der Waals surface area contributed by atoms with E-state index in [1.165, 1.54) is 6.07 Å². The van der Waals surface area contributed by atoms with E-state index in [1.54, 1.807) is 35.0 Å². The minimum absolute atomic E-state index is 0.00108. The minimum atomic E-state index is -0.762. The molecule has 0 unspecified atom stereocenters. The number of amides is 2. The number of carbonyl (C=O) groups excluding carboxylic acids is 2. The van der Waals surface area contributed by atoms with Gasteiger partial charge in [-0.05, 0) is 44.4 Å². The van der Waals surface area contributed by atoms with Gasteiger partial charge in [-0.3, -0.25) is 14.7 Å². The van der Waals surface area contributed by atoms with E-state index < -0.39 is 5.41 Å². The van der Waals surface area contributed by atoms with Crippen LogP contribution in [0.1, 0.15) is 35.9 Å². The number of carbonyl (C=O) groups is 2. The van der Waals surface area contributed by atoms with Crippen molar-refractivity contribution in [2.75, 3.05) is 26.7 Å². The quantitative estimate of drug-likeness (QED) is 0.777. The van der Waals surface area contributed by atoms with Gasteiger partial charge in [0.1, 0.15) is 5.82 Å². The molecule has 6 nitrogen and oxygen atoms in total. The van der Waals surface area contributed by atoms with Crippen molar-refractivity contribution in [3.05, 3.63) is 52.6 Å². The number of rotatable bonds is 7. The van der Waals surface area contributed by atoms with E-state index in [9.17, 15) is 14.0 Å². The molecule has 1 N–H and O–H groups in total. The van der Waals surface area contributed by atoms with Crippen LogP contribution in [0.5, 0.6) is 0 Å². The molecule has 1 aliphatic rings. The topological polar surface area (TPSA) is 69.3 Å². The number of nitrogens with zero attached hydrogens (tertiary/aromatic N) is 3. The summed E-state index contributed by atoms with van der Waals surface area (Å²) in [6.45, 7) is 7.06. The van der Waals surface area contributed by atoms with Gasteiger partial charge >= 0.3 is 0 Å². The lowest BCUT2D eigenvalue weighted by atomic mass is 9.73. The SMILES string of the molecule is CCN(C)C(=O)C1(Cc2ccccc2F)CN(C(=O)CCc2n[nH]c(C)c2C)C1. The molecule has 0 atom stereocenters. The molecule has 2 aromatic rings. The summed E-state index contributed by atoms with van der Waals surface area (Å²) in [6, 6.07) is 6.53. The molecule has 0 radical (unpaired) electrons. The highest BCUT2D eigenvalue weighted by molar-refractivity contribution is 5.88. The number of benzene rings is 1. The first kappa shape index (κ1) is 21.0. The molecule has 2 amide bonds. The molecule has 7 heteroatoms. The average Bonchev–Trinajstić information content (AvgIpc) is 3.00. The Labute approximate surface area is 171 Å². The standard InChI is InChI=1S/C22H29FN4O2/c1-5-26(4)21(29)22(12-17-8-6-7-9-18(17)23)13-27(14-22)20(28)11-10-19-15(2)16(3)24-25-19/h6-9H,5,10-14H2,1-4H3,(H,24,25). The van der Waals surface area contributed by atoms with Gasteiger partial charge in [0.2, 0.25) is 11.8 Å². The Hall–Kier alpha value is -2.70. The Morgan fingerprint density at radius 3 is 2.55 bits per heavy atom. The van der Waals surface area contributed by atoms with Gasteiger partial charge in [-0.2, -0.15) is 5.10 Å². The number of nitrogens with one attached hydrogen (secondary N) is 1. The lowest BCUT2D eigenvalue weighted by Crippen LogP contribution is -2.65. The Bertz CT molecular complexity index is 902. The van der Waals surface area contributed by atoms with Crippen molar-refractivity contribution in [1.29, 1.82) is 0 Å². The van der Waals surface area contributed by atoms with Crippen molar-refractivity contribution in [2.24, 2.45) is 5.41 Å². The van der Waals surface area contributed by atoms with Crippen LogP contribution < -0.4 is 0 Å². The second-order valence-electron chi connectivity index (χ2n) is 8.04. The van der Waals surface area contributed by atoms with Gasteiger partial charge < -0.3 is 9.80 Å². The molecule has 0 bridgehead atoms. The van der Waals surface area contributed by atoms with Gasteiger partial charge in [0.15, 0.2) is 0 Å². The van der Waals surface area contributed by atoms with Gasteiger partial charge in [0.05, 0.1) is 11.1 Å². The number of hydrogen-bond donors (Lipinski definition) is 1. The highest BCUT2D eigenvalue weighted by Gasteiger charge is 2.51. The van der Waals surface area contributed by atoms with Gasteiger partial charge in [-0.1, -0.05) is 18.2 Å². The Balaban J connectivity index is 1.68. The van der Waals surface area contributed by atoms with Crippen molar-refractivity contribution < 1.29 is 14.0 Å². The smallest absolute Gasteiger partial charge is 0.232 e. The third-order valence-corrected chi connectivity index (χ3v) is 6.03. The molecule has 1 fully saturated rings. The van der Waals surface area contributed by atoms with Crippen LogP contribution in [0.15, 0.2) is 24.3 Å². The minimum Gasteiger partial charge on any atom is -0.345 e. The molecule has 1 aromatic heterocycles. The molecule has 1 aromatic carbocycles. The first-order valence-corrected chi connectivity index (χ1v) is 10.0. The zero-order valence-electron chi connectivity index (χ0n) is 17.6. The van der Waals surface area contributed by atoms with Crippen molar-refractivity contribution in [2.45, 2.75) is 40.0 Å². The predicted octanol–water partition coefficient (Wildman–Crippen LogP) is 2.65. The largest absolute Gasteiger partial charge is 0.345 e. The fourth-order valence-corrected chi connectivity index (χ4v) is 3.90. The van der Waals surface area contributed by atoms with E-state index in [2.05, 4.69) is 10.2 Å². The van der Waals surface area contributed by atoms with Crippen LogP contribution in [-0.2, 0) is 22.4 Å².